The number of ether oxygens (including phenoxy) is 1. The number of alkyl halides is 1. The SMILES string of the molecule is Cc1ccc([N+](=O)[O-])cc1Oc1c(F)cc(CBr)cc1F. The Balaban J connectivity index is 2.43. The number of benzene rings is 2. The molecule has 0 atom stereocenters. The molecule has 4 nitrogen and oxygen atoms in total. The zero-order chi connectivity index (χ0) is 15.6. The minimum Gasteiger partial charge on any atom is -0.451 e. The monoisotopic (exact) mass is 357 g/mol. The maximum Gasteiger partial charge on any atom is 0.273 e. The van der Waals surface area contributed by atoms with E-state index in [9.17, 15) is 18.9 Å². The van der Waals surface area contributed by atoms with Crippen molar-refractivity contribution in [2.45, 2.75) is 12.3 Å². The second kappa shape index (κ2) is 6.17. The highest BCUT2D eigenvalue weighted by Crippen LogP contribution is 2.33. The van der Waals surface area contributed by atoms with Gasteiger partial charge in [0.2, 0.25) is 0 Å². The van der Waals surface area contributed by atoms with E-state index in [2.05, 4.69) is 15.9 Å². The molecule has 0 heterocycles. The van der Waals surface area contributed by atoms with Crippen molar-refractivity contribution in [2.24, 2.45) is 0 Å². The van der Waals surface area contributed by atoms with Crippen molar-refractivity contribution in [2.75, 3.05) is 0 Å². The van der Waals surface area contributed by atoms with Gasteiger partial charge in [-0.2, -0.15) is 0 Å². The van der Waals surface area contributed by atoms with Gasteiger partial charge in [0.05, 0.1) is 11.0 Å². The molecule has 110 valence electrons. The molecule has 21 heavy (non-hydrogen) atoms. The van der Waals surface area contributed by atoms with Crippen LogP contribution in [0.15, 0.2) is 30.3 Å². The van der Waals surface area contributed by atoms with Crippen LogP contribution < -0.4 is 4.74 Å². The van der Waals surface area contributed by atoms with Gasteiger partial charge in [-0.15, -0.1) is 0 Å². The van der Waals surface area contributed by atoms with Crippen molar-refractivity contribution in [1.29, 1.82) is 0 Å². The van der Waals surface area contributed by atoms with E-state index in [-0.39, 0.29) is 11.4 Å². The molecule has 0 amide bonds. The topological polar surface area (TPSA) is 52.4 Å². The van der Waals surface area contributed by atoms with E-state index < -0.39 is 22.3 Å². The highest BCUT2D eigenvalue weighted by molar-refractivity contribution is 9.08. The van der Waals surface area contributed by atoms with Crippen molar-refractivity contribution in [1.82, 2.24) is 0 Å². The van der Waals surface area contributed by atoms with Crippen LogP contribution in [0.5, 0.6) is 11.5 Å². The standard InChI is InChI=1S/C14H10BrF2NO3/c1-8-2-3-10(18(19)20)6-13(8)21-14-11(16)4-9(7-15)5-12(14)17/h2-6H,7H2,1H3. The fraction of sp³-hybridized carbons (Fsp3) is 0.143. The van der Waals surface area contributed by atoms with Crippen LogP contribution in [-0.2, 0) is 5.33 Å². The van der Waals surface area contributed by atoms with Gasteiger partial charge in [-0.05, 0) is 36.2 Å². The third-order valence-electron chi connectivity index (χ3n) is 2.81. The van der Waals surface area contributed by atoms with Crippen LogP contribution in [0.2, 0.25) is 0 Å². The molecule has 0 aliphatic heterocycles. The van der Waals surface area contributed by atoms with E-state index in [1.807, 2.05) is 0 Å². The molecule has 7 heteroatoms. The quantitative estimate of drug-likeness (QED) is 0.445. The number of nitro groups is 1. The van der Waals surface area contributed by atoms with Gasteiger partial charge in [-0.1, -0.05) is 15.9 Å². The third kappa shape index (κ3) is 3.36. The summed E-state index contributed by atoms with van der Waals surface area (Å²) in [4.78, 5) is 10.1. The molecule has 0 radical (unpaired) electrons. The van der Waals surface area contributed by atoms with Crippen molar-refractivity contribution < 1.29 is 18.4 Å². The van der Waals surface area contributed by atoms with Crippen LogP contribution in [-0.4, -0.2) is 4.92 Å². The number of nitrogens with zero attached hydrogens (tertiary/aromatic N) is 1. The molecule has 0 saturated carbocycles. The van der Waals surface area contributed by atoms with Crippen LogP contribution in [0, 0.1) is 28.7 Å². The van der Waals surface area contributed by atoms with Crippen molar-refractivity contribution in [3.05, 3.63) is 63.2 Å². The Morgan fingerprint density at radius 1 is 1.24 bits per heavy atom. The van der Waals surface area contributed by atoms with Gasteiger partial charge in [-0.3, -0.25) is 10.1 Å². The van der Waals surface area contributed by atoms with E-state index in [0.717, 1.165) is 18.2 Å². The number of non-ortho nitro benzene ring substituents is 1. The number of halogens is 3. The molecule has 0 spiro atoms. The maximum atomic E-state index is 13.9. The van der Waals surface area contributed by atoms with E-state index in [1.54, 1.807) is 6.92 Å². The average molecular weight is 358 g/mol. The minimum atomic E-state index is -0.865. The van der Waals surface area contributed by atoms with Gasteiger partial charge < -0.3 is 4.74 Å². The maximum absolute atomic E-state index is 13.9. The second-order valence-corrected chi connectivity index (χ2v) is 4.89. The summed E-state index contributed by atoms with van der Waals surface area (Å²) in [5, 5.41) is 11.0. The van der Waals surface area contributed by atoms with Crippen LogP contribution in [0.4, 0.5) is 14.5 Å². The average Bonchev–Trinajstić information content (AvgIpc) is 2.44. The molecule has 2 aromatic carbocycles. The van der Waals surface area contributed by atoms with Crippen molar-refractivity contribution in [3.63, 3.8) is 0 Å². The fourth-order valence-corrected chi connectivity index (χ4v) is 2.03. The summed E-state index contributed by atoms with van der Waals surface area (Å²) in [6.07, 6.45) is 0. The molecule has 0 bridgehead atoms. The lowest BCUT2D eigenvalue weighted by Crippen LogP contribution is -1.97. The lowest BCUT2D eigenvalue weighted by molar-refractivity contribution is -0.384. The zero-order valence-electron chi connectivity index (χ0n) is 10.9. The van der Waals surface area contributed by atoms with Gasteiger partial charge in [0.25, 0.3) is 5.69 Å². The van der Waals surface area contributed by atoms with Crippen LogP contribution in [0.1, 0.15) is 11.1 Å². The second-order valence-electron chi connectivity index (χ2n) is 4.33. The lowest BCUT2D eigenvalue weighted by Gasteiger charge is -2.11. The lowest BCUT2D eigenvalue weighted by atomic mass is 10.2. The highest BCUT2D eigenvalue weighted by Gasteiger charge is 2.16. The van der Waals surface area contributed by atoms with Crippen molar-refractivity contribution >= 4 is 21.6 Å². The Kier molecular flexibility index (Phi) is 4.52. The zero-order valence-corrected chi connectivity index (χ0v) is 12.5. The number of aryl methyl sites for hydroxylation is 1. The summed E-state index contributed by atoms with van der Waals surface area (Å²) in [6, 6.07) is 6.16. The molecule has 0 N–H and O–H groups in total. The summed E-state index contributed by atoms with van der Waals surface area (Å²) in [7, 11) is 0. The van der Waals surface area contributed by atoms with E-state index in [4.69, 9.17) is 4.74 Å². The van der Waals surface area contributed by atoms with Gasteiger partial charge >= 0.3 is 0 Å². The Bertz CT molecular complexity index is 684. The van der Waals surface area contributed by atoms with Crippen LogP contribution >= 0.6 is 15.9 Å². The Hall–Kier alpha value is -2.02. The minimum absolute atomic E-state index is 0.0357. The molecule has 0 fully saturated rings. The molecule has 0 aliphatic rings. The van der Waals surface area contributed by atoms with E-state index in [0.29, 0.717) is 16.5 Å². The number of hydrogen-bond acceptors (Lipinski definition) is 3. The number of rotatable bonds is 4. The first-order valence-corrected chi connectivity index (χ1v) is 7.01. The highest BCUT2D eigenvalue weighted by atomic mass is 79.9. The molecule has 0 aromatic heterocycles. The predicted octanol–water partition coefficient (Wildman–Crippen LogP) is 4.87. The first kappa shape index (κ1) is 15.4. The number of hydrogen-bond donors (Lipinski definition) is 0. The largest absolute Gasteiger partial charge is 0.451 e. The Labute approximate surface area is 127 Å². The van der Waals surface area contributed by atoms with E-state index >= 15 is 0 Å². The first-order chi connectivity index (χ1) is 9.92. The van der Waals surface area contributed by atoms with Gasteiger partial charge in [0, 0.05) is 11.4 Å². The Morgan fingerprint density at radius 3 is 2.38 bits per heavy atom. The summed E-state index contributed by atoms with van der Waals surface area (Å²) >= 11 is 3.11. The third-order valence-corrected chi connectivity index (χ3v) is 3.45. The van der Waals surface area contributed by atoms with Crippen LogP contribution in [0.3, 0.4) is 0 Å². The molecule has 2 rings (SSSR count). The molecule has 0 unspecified atom stereocenters. The first-order valence-electron chi connectivity index (χ1n) is 5.89. The van der Waals surface area contributed by atoms with Crippen molar-refractivity contribution in [3.8, 4) is 11.5 Å². The van der Waals surface area contributed by atoms with Crippen LogP contribution in [0.25, 0.3) is 0 Å². The fourth-order valence-electron chi connectivity index (χ4n) is 1.71. The molecule has 0 saturated heterocycles. The van der Waals surface area contributed by atoms with Gasteiger partial charge in [0.15, 0.2) is 17.4 Å². The van der Waals surface area contributed by atoms with Gasteiger partial charge in [0.1, 0.15) is 5.75 Å². The summed E-state index contributed by atoms with van der Waals surface area (Å²) in [5.41, 5.74) is 0.741. The summed E-state index contributed by atoms with van der Waals surface area (Å²) < 4.78 is 32.9. The predicted molar refractivity (Wildman–Crippen MR) is 76.9 cm³/mol. The number of nitro benzene ring substituents is 1. The Morgan fingerprint density at radius 2 is 1.86 bits per heavy atom. The summed E-state index contributed by atoms with van der Waals surface area (Å²) in [6.45, 7) is 1.63. The smallest absolute Gasteiger partial charge is 0.273 e. The molecule has 2 aromatic rings. The normalized spacial score (nSPS) is 10.5. The van der Waals surface area contributed by atoms with Gasteiger partial charge in [-0.25, -0.2) is 8.78 Å². The molecular formula is C14H10BrF2NO3. The molecule has 0 aliphatic carbocycles. The summed E-state index contributed by atoms with van der Waals surface area (Å²) in [5.74, 6) is -2.28. The van der Waals surface area contributed by atoms with E-state index in [1.165, 1.54) is 12.1 Å². The molecular weight excluding hydrogens is 348 g/mol.